The van der Waals surface area contributed by atoms with Gasteiger partial charge in [0.2, 0.25) is 17.7 Å². The first-order chi connectivity index (χ1) is 19.6. The Balaban J connectivity index is 1.44. The Bertz CT molecular complexity index is 1400. The van der Waals surface area contributed by atoms with Crippen molar-refractivity contribution in [3.8, 4) is 5.75 Å². The number of anilines is 1. The first-order valence-corrected chi connectivity index (χ1v) is 12.9. The molecule has 1 aliphatic heterocycles. The molecule has 4 amide bonds. The van der Waals surface area contributed by atoms with E-state index in [4.69, 9.17) is 4.74 Å². The molecule has 0 bridgehead atoms. The Morgan fingerprint density at radius 3 is 2.24 bits per heavy atom. The topological polar surface area (TPSA) is 99.3 Å². The summed E-state index contributed by atoms with van der Waals surface area (Å²) in [7, 11) is 3.03. The molecule has 1 fully saturated rings. The van der Waals surface area contributed by atoms with Gasteiger partial charge in [-0.1, -0.05) is 18.2 Å². The Hall–Kier alpha value is -4.80. The number of benzene rings is 3. The smallest absolute Gasteiger partial charge is 0.254 e. The van der Waals surface area contributed by atoms with E-state index in [1.165, 1.54) is 28.9 Å². The van der Waals surface area contributed by atoms with Crippen LogP contribution < -0.4 is 15.0 Å². The molecule has 0 spiro atoms. The first-order valence-electron chi connectivity index (χ1n) is 12.9. The summed E-state index contributed by atoms with van der Waals surface area (Å²) < 4.78 is 32.9. The fourth-order valence-electron chi connectivity index (χ4n) is 4.56. The van der Waals surface area contributed by atoms with Gasteiger partial charge in [0, 0.05) is 43.9 Å². The standard InChI is InChI=1S/C30H30F2N4O5/c1-34(24-8-10-25(41-2)11-9-24)30(40)26(16-20-14-22(31)17-23(32)15-20)33-27(37)18-35-12-13-36(19-28(35)38)29(39)21-6-4-3-5-7-21/h3-11,14-15,17,26H,12-13,16,18-19H2,1-2H3,(H,33,37)/t26-/m0/s1. The van der Waals surface area contributed by atoms with E-state index in [2.05, 4.69) is 5.32 Å². The minimum absolute atomic E-state index is 0.129. The van der Waals surface area contributed by atoms with Crippen molar-refractivity contribution in [3.05, 3.63) is 95.6 Å². The Labute approximate surface area is 236 Å². The minimum Gasteiger partial charge on any atom is -0.497 e. The minimum atomic E-state index is -1.19. The zero-order chi connectivity index (χ0) is 29.5. The number of nitrogens with zero attached hydrogens (tertiary/aromatic N) is 3. The fourth-order valence-corrected chi connectivity index (χ4v) is 4.56. The molecule has 11 heteroatoms. The highest BCUT2D eigenvalue weighted by Gasteiger charge is 2.31. The number of carbonyl (C=O) groups excluding carboxylic acids is 4. The van der Waals surface area contributed by atoms with Gasteiger partial charge in [-0.3, -0.25) is 19.2 Å². The molecule has 1 atom stereocenters. The number of hydrogen-bond acceptors (Lipinski definition) is 5. The molecule has 1 saturated heterocycles. The third kappa shape index (κ3) is 7.44. The highest BCUT2D eigenvalue weighted by atomic mass is 19.1. The highest BCUT2D eigenvalue weighted by Crippen LogP contribution is 2.20. The number of nitrogens with one attached hydrogen (secondary N) is 1. The molecule has 214 valence electrons. The predicted molar refractivity (Wildman–Crippen MR) is 147 cm³/mol. The summed E-state index contributed by atoms with van der Waals surface area (Å²) >= 11 is 0. The van der Waals surface area contributed by atoms with Gasteiger partial charge in [0.05, 0.1) is 13.7 Å². The van der Waals surface area contributed by atoms with Gasteiger partial charge >= 0.3 is 0 Å². The van der Waals surface area contributed by atoms with Crippen molar-refractivity contribution in [1.82, 2.24) is 15.1 Å². The quantitative estimate of drug-likeness (QED) is 0.431. The summed E-state index contributed by atoms with van der Waals surface area (Å²) in [6, 6.07) is 17.0. The number of piperazine rings is 1. The highest BCUT2D eigenvalue weighted by molar-refractivity contribution is 6.00. The molecule has 0 aromatic heterocycles. The van der Waals surface area contributed by atoms with Crippen molar-refractivity contribution in [2.75, 3.05) is 45.2 Å². The van der Waals surface area contributed by atoms with Gasteiger partial charge in [0.15, 0.2) is 0 Å². The third-order valence-electron chi connectivity index (χ3n) is 6.75. The lowest BCUT2D eigenvalue weighted by Crippen LogP contribution is -2.56. The monoisotopic (exact) mass is 564 g/mol. The Morgan fingerprint density at radius 2 is 1.63 bits per heavy atom. The molecule has 41 heavy (non-hydrogen) atoms. The van der Waals surface area contributed by atoms with Crippen LogP contribution in [0.1, 0.15) is 15.9 Å². The van der Waals surface area contributed by atoms with Gasteiger partial charge in [-0.25, -0.2) is 8.78 Å². The van der Waals surface area contributed by atoms with Crippen LogP contribution in [0.5, 0.6) is 5.75 Å². The number of likely N-dealkylation sites (N-methyl/N-ethyl adjacent to an activating group) is 1. The van der Waals surface area contributed by atoms with E-state index in [1.807, 2.05) is 0 Å². The van der Waals surface area contributed by atoms with Crippen molar-refractivity contribution < 1.29 is 32.7 Å². The third-order valence-corrected chi connectivity index (χ3v) is 6.75. The molecule has 9 nitrogen and oxygen atoms in total. The molecule has 0 aliphatic carbocycles. The van der Waals surface area contributed by atoms with Gasteiger partial charge in [0.1, 0.15) is 30.0 Å². The van der Waals surface area contributed by atoms with Crippen LogP contribution in [0.4, 0.5) is 14.5 Å². The average molecular weight is 565 g/mol. The maximum Gasteiger partial charge on any atom is 0.254 e. The number of hydrogen-bond donors (Lipinski definition) is 1. The number of rotatable bonds is 9. The molecule has 0 saturated carbocycles. The van der Waals surface area contributed by atoms with Gasteiger partial charge in [-0.05, 0) is 54.1 Å². The van der Waals surface area contributed by atoms with Crippen LogP contribution in [-0.4, -0.2) is 79.8 Å². The lowest BCUT2D eigenvalue weighted by molar-refractivity contribution is -0.139. The number of carbonyl (C=O) groups is 4. The molecule has 3 aromatic carbocycles. The van der Waals surface area contributed by atoms with Crippen molar-refractivity contribution in [2.45, 2.75) is 12.5 Å². The van der Waals surface area contributed by atoms with Gasteiger partial charge < -0.3 is 24.8 Å². The van der Waals surface area contributed by atoms with Crippen LogP contribution >= 0.6 is 0 Å². The molecule has 3 aromatic rings. The average Bonchev–Trinajstić information content (AvgIpc) is 2.96. The van der Waals surface area contributed by atoms with Gasteiger partial charge in [-0.2, -0.15) is 0 Å². The number of ether oxygens (including phenoxy) is 1. The second kappa shape index (κ2) is 13.0. The summed E-state index contributed by atoms with van der Waals surface area (Å²) in [4.78, 5) is 56.1. The summed E-state index contributed by atoms with van der Waals surface area (Å²) in [5, 5.41) is 2.63. The second-order valence-corrected chi connectivity index (χ2v) is 9.61. The van der Waals surface area contributed by atoms with E-state index in [1.54, 1.807) is 54.6 Å². The van der Waals surface area contributed by atoms with Crippen molar-refractivity contribution >= 4 is 29.3 Å². The van der Waals surface area contributed by atoms with Gasteiger partial charge in [-0.15, -0.1) is 0 Å². The molecule has 1 aliphatic rings. The molecular weight excluding hydrogens is 534 g/mol. The van der Waals surface area contributed by atoms with Crippen molar-refractivity contribution in [1.29, 1.82) is 0 Å². The van der Waals surface area contributed by atoms with E-state index in [-0.39, 0.29) is 44.1 Å². The largest absolute Gasteiger partial charge is 0.497 e. The molecule has 0 radical (unpaired) electrons. The Morgan fingerprint density at radius 1 is 0.976 bits per heavy atom. The summed E-state index contributed by atoms with van der Waals surface area (Å²) in [5.41, 5.74) is 1.14. The molecule has 1 heterocycles. The zero-order valence-electron chi connectivity index (χ0n) is 22.7. The molecule has 1 N–H and O–H groups in total. The van der Waals surface area contributed by atoms with Crippen LogP contribution in [0.3, 0.4) is 0 Å². The summed E-state index contributed by atoms with van der Waals surface area (Å²) in [6.45, 7) is -0.173. The summed E-state index contributed by atoms with van der Waals surface area (Å²) in [6.07, 6.45) is -0.187. The zero-order valence-corrected chi connectivity index (χ0v) is 22.7. The summed E-state index contributed by atoms with van der Waals surface area (Å²) in [5.74, 6) is -2.88. The first kappa shape index (κ1) is 29.2. The van der Waals surface area contributed by atoms with Crippen LogP contribution in [0.25, 0.3) is 0 Å². The SMILES string of the molecule is COc1ccc(N(C)C(=O)[C@H](Cc2cc(F)cc(F)c2)NC(=O)CN2CCN(C(=O)c3ccccc3)CC2=O)cc1. The molecule has 0 unspecified atom stereocenters. The van der Waals surface area contributed by atoms with Gasteiger partial charge in [0.25, 0.3) is 5.91 Å². The number of methoxy groups -OCH3 is 1. The number of halogens is 2. The van der Waals surface area contributed by atoms with E-state index in [0.717, 1.165) is 18.2 Å². The fraction of sp³-hybridized carbons (Fsp3) is 0.267. The molecular formula is C30H30F2N4O5. The van der Waals surface area contributed by atoms with E-state index >= 15 is 0 Å². The maximum atomic E-state index is 13.9. The van der Waals surface area contributed by atoms with Crippen molar-refractivity contribution in [2.24, 2.45) is 0 Å². The lowest BCUT2D eigenvalue weighted by Gasteiger charge is -2.34. The van der Waals surface area contributed by atoms with Crippen LogP contribution in [-0.2, 0) is 20.8 Å². The normalized spacial score (nSPS) is 13.9. The Kier molecular flexibility index (Phi) is 9.28. The lowest BCUT2D eigenvalue weighted by atomic mass is 10.0. The molecule has 4 rings (SSSR count). The second-order valence-electron chi connectivity index (χ2n) is 9.61. The van der Waals surface area contributed by atoms with Crippen LogP contribution in [0.15, 0.2) is 72.8 Å². The van der Waals surface area contributed by atoms with Crippen LogP contribution in [0, 0.1) is 11.6 Å². The van der Waals surface area contributed by atoms with Crippen molar-refractivity contribution in [3.63, 3.8) is 0 Å². The predicted octanol–water partition coefficient (Wildman–Crippen LogP) is 2.65. The maximum absolute atomic E-state index is 13.9. The van der Waals surface area contributed by atoms with E-state index in [9.17, 15) is 28.0 Å². The van der Waals surface area contributed by atoms with E-state index in [0.29, 0.717) is 17.0 Å². The number of amides is 4. The van der Waals surface area contributed by atoms with E-state index < -0.39 is 35.4 Å². The van der Waals surface area contributed by atoms with Crippen LogP contribution in [0.2, 0.25) is 0 Å².